The molecular formula is C31H33NO3. The first kappa shape index (κ1) is 23.4. The van der Waals surface area contributed by atoms with E-state index in [4.69, 9.17) is 9.47 Å². The molecular weight excluding hydrogens is 434 g/mol. The Bertz CT molecular complexity index is 1220. The summed E-state index contributed by atoms with van der Waals surface area (Å²) in [5.41, 5.74) is 5.29. The number of hydrogen-bond donors (Lipinski definition) is 0. The molecule has 1 fully saturated rings. The maximum absolute atomic E-state index is 13.9. The average Bonchev–Trinajstić information content (AvgIpc) is 3.29. The van der Waals surface area contributed by atoms with Gasteiger partial charge in [0.2, 0.25) is 0 Å². The zero-order valence-corrected chi connectivity index (χ0v) is 20.7. The van der Waals surface area contributed by atoms with Crippen molar-refractivity contribution in [3.05, 3.63) is 107 Å². The normalized spacial score (nSPS) is 23.9. The first-order valence-electron chi connectivity index (χ1n) is 12.3. The van der Waals surface area contributed by atoms with E-state index in [0.29, 0.717) is 6.54 Å². The van der Waals surface area contributed by atoms with Gasteiger partial charge in [-0.25, -0.2) is 0 Å². The molecule has 0 radical (unpaired) electrons. The number of nitrogens with zero attached hydrogens (tertiary/aromatic N) is 1. The minimum Gasteiger partial charge on any atom is -0.496 e. The number of rotatable bonds is 6. The van der Waals surface area contributed by atoms with Gasteiger partial charge in [-0.1, -0.05) is 84.4 Å². The molecule has 0 bridgehead atoms. The number of ether oxygens (including phenoxy) is 2. The number of hydrogen-bond acceptors (Lipinski definition) is 4. The lowest BCUT2D eigenvalue weighted by atomic mass is 9.58. The van der Waals surface area contributed by atoms with E-state index in [1.807, 2.05) is 24.3 Å². The van der Waals surface area contributed by atoms with Gasteiger partial charge in [-0.05, 0) is 41.7 Å². The van der Waals surface area contributed by atoms with Crippen molar-refractivity contribution in [3.63, 3.8) is 0 Å². The summed E-state index contributed by atoms with van der Waals surface area (Å²) in [5, 5.41) is 0. The Hall–Kier alpha value is -3.37. The van der Waals surface area contributed by atoms with Crippen LogP contribution < -0.4 is 4.74 Å². The van der Waals surface area contributed by atoms with Crippen molar-refractivity contribution in [2.75, 3.05) is 27.3 Å². The lowest BCUT2D eigenvalue weighted by Gasteiger charge is -2.43. The molecule has 3 atom stereocenters. The van der Waals surface area contributed by atoms with Gasteiger partial charge in [0.1, 0.15) is 5.75 Å². The van der Waals surface area contributed by atoms with Crippen LogP contribution in [0.2, 0.25) is 0 Å². The summed E-state index contributed by atoms with van der Waals surface area (Å²) >= 11 is 0. The summed E-state index contributed by atoms with van der Waals surface area (Å²) in [4.78, 5) is 16.3. The van der Waals surface area contributed by atoms with Gasteiger partial charge >= 0.3 is 5.97 Å². The molecule has 0 spiro atoms. The van der Waals surface area contributed by atoms with Gasteiger partial charge in [-0.3, -0.25) is 9.69 Å². The molecule has 1 saturated heterocycles. The molecule has 0 amide bonds. The summed E-state index contributed by atoms with van der Waals surface area (Å²) in [6, 6.07) is 27.3. The number of benzene rings is 3. The molecule has 1 heterocycles. The monoisotopic (exact) mass is 467 g/mol. The number of aryl methyl sites for hydroxylation is 1. The molecule has 1 aliphatic carbocycles. The smallest absolute Gasteiger partial charge is 0.314 e. The zero-order chi connectivity index (χ0) is 24.4. The van der Waals surface area contributed by atoms with E-state index in [-0.39, 0.29) is 17.8 Å². The zero-order valence-electron chi connectivity index (χ0n) is 20.7. The third kappa shape index (κ3) is 4.17. The van der Waals surface area contributed by atoms with E-state index in [9.17, 15) is 4.79 Å². The fraction of sp³-hybridized carbons (Fsp3) is 0.323. The van der Waals surface area contributed by atoms with Crippen LogP contribution in [0.5, 0.6) is 5.75 Å². The highest BCUT2D eigenvalue weighted by Crippen LogP contribution is 2.58. The number of likely N-dealkylation sites (tertiary alicyclic amines) is 1. The Labute approximate surface area is 208 Å². The van der Waals surface area contributed by atoms with Crippen molar-refractivity contribution in [3.8, 4) is 5.75 Å². The van der Waals surface area contributed by atoms with Crippen LogP contribution in [0.1, 0.15) is 34.6 Å². The molecule has 180 valence electrons. The molecule has 4 nitrogen and oxygen atoms in total. The largest absolute Gasteiger partial charge is 0.496 e. The highest BCUT2D eigenvalue weighted by atomic mass is 16.5. The van der Waals surface area contributed by atoms with Crippen LogP contribution in [0.3, 0.4) is 0 Å². The minimum absolute atomic E-state index is 0.0185. The van der Waals surface area contributed by atoms with Gasteiger partial charge in [0, 0.05) is 31.5 Å². The molecule has 2 aliphatic rings. The third-order valence-electron chi connectivity index (χ3n) is 7.83. The molecule has 3 aromatic rings. The average molecular weight is 468 g/mol. The fourth-order valence-electron chi connectivity index (χ4n) is 6.22. The second kappa shape index (κ2) is 9.71. The summed E-state index contributed by atoms with van der Waals surface area (Å²) in [5.74, 6) is 0.677. The highest BCUT2D eigenvalue weighted by Gasteiger charge is 2.60. The van der Waals surface area contributed by atoms with E-state index in [2.05, 4.69) is 72.5 Å². The lowest BCUT2D eigenvalue weighted by molar-refractivity contribution is -0.155. The highest BCUT2D eigenvalue weighted by molar-refractivity contribution is 5.86. The topological polar surface area (TPSA) is 38.8 Å². The molecule has 5 rings (SSSR count). The Morgan fingerprint density at radius 2 is 1.66 bits per heavy atom. The van der Waals surface area contributed by atoms with Gasteiger partial charge in [-0.15, -0.1) is 0 Å². The number of esters is 1. The van der Waals surface area contributed by atoms with E-state index in [0.717, 1.165) is 30.8 Å². The molecule has 1 aliphatic heterocycles. The van der Waals surface area contributed by atoms with Crippen LogP contribution in [0.4, 0.5) is 0 Å². The van der Waals surface area contributed by atoms with Crippen molar-refractivity contribution in [1.29, 1.82) is 0 Å². The summed E-state index contributed by atoms with van der Waals surface area (Å²) < 4.78 is 11.4. The summed E-state index contributed by atoms with van der Waals surface area (Å²) in [6.07, 6.45) is 3.11. The molecule has 3 unspecified atom stereocenters. The number of para-hydroxylation sites is 1. The van der Waals surface area contributed by atoms with Crippen LogP contribution in [-0.2, 0) is 16.1 Å². The third-order valence-corrected chi connectivity index (χ3v) is 7.83. The van der Waals surface area contributed by atoms with Gasteiger partial charge < -0.3 is 9.47 Å². The predicted molar refractivity (Wildman–Crippen MR) is 139 cm³/mol. The van der Waals surface area contributed by atoms with E-state index in [1.54, 1.807) is 7.11 Å². The van der Waals surface area contributed by atoms with Gasteiger partial charge in [0.15, 0.2) is 0 Å². The van der Waals surface area contributed by atoms with E-state index < -0.39 is 5.41 Å². The number of carbonyl (C=O) groups is 1. The fourth-order valence-corrected chi connectivity index (χ4v) is 6.22. The van der Waals surface area contributed by atoms with E-state index >= 15 is 0 Å². The molecule has 3 aromatic carbocycles. The minimum atomic E-state index is -0.701. The van der Waals surface area contributed by atoms with Gasteiger partial charge in [-0.2, -0.15) is 0 Å². The van der Waals surface area contributed by atoms with Crippen molar-refractivity contribution in [1.82, 2.24) is 4.90 Å². The SMILES string of the molecule is COC(=O)C12CN(Cc3ccccc3)CC1C(c1ccc(C)cc1)=CCC2c1ccccc1OC. The van der Waals surface area contributed by atoms with Crippen molar-refractivity contribution in [2.45, 2.75) is 25.8 Å². The van der Waals surface area contributed by atoms with Gasteiger partial charge in [0.05, 0.1) is 19.6 Å². The van der Waals surface area contributed by atoms with Crippen molar-refractivity contribution in [2.24, 2.45) is 11.3 Å². The quantitative estimate of drug-likeness (QED) is 0.425. The second-order valence-corrected chi connectivity index (χ2v) is 9.80. The van der Waals surface area contributed by atoms with Crippen LogP contribution in [0.25, 0.3) is 5.57 Å². The van der Waals surface area contributed by atoms with Gasteiger partial charge in [0.25, 0.3) is 0 Å². The Morgan fingerprint density at radius 1 is 0.943 bits per heavy atom. The summed E-state index contributed by atoms with van der Waals surface area (Å²) in [6.45, 7) is 4.35. The molecule has 0 saturated carbocycles. The first-order valence-corrected chi connectivity index (χ1v) is 12.3. The maximum Gasteiger partial charge on any atom is 0.314 e. The maximum atomic E-state index is 13.9. The van der Waals surface area contributed by atoms with Crippen LogP contribution in [0, 0.1) is 18.3 Å². The molecule has 4 heteroatoms. The molecule has 0 aromatic heterocycles. The van der Waals surface area contributed by atoms with E-state index in [1.165, 1.54) is 29.4 Å². The summed E-state index contributed by atoms with van der Waals surface area (Å²) in [7, 11) is 3.23. The number of methoxy groups -OCH3 is 2. The molecule has 35 heavy (non-hydrogen) atoms. The number of allylic oxidation sites excluding steroid dienone is 1. The van der Waals surface area contributed by atoms with Crippen molar-refractivity contribution >= 4 is 11.5 Å². The van der Waals surface area contributed by atoms with Crippen LogP contribution >= 0.6 is 0 Å². The number of carbonyl (C=O) groups excluding carboxylic acids is 1. The first-order chi connectivity index (χ1) is 17.1. The predicted octanol–water partition coefficient (Wildman–Crippen LogP) is 5.87. The molecule has 0 N–H and O–H groups in total. The Balaban J connectivity index is 1.64. The standard InChI is InChI=1S/C31H33NO3/c1-22-13-15-24(16-14-22)25-17-18-27(26-11-7-8-12-29(26)34-2)31(30(33)35-3)21-32(20-28(25)31)19-23-9-5-4-6-10-23/h4-17,27-28H,18-21H2,1-3H3. The van der Waals surface area contributed by atoms with Crippen molar-refractivity contribution < 1.29 is 14.3 Å². The Kier molecular flexibility index (Phi) is 6.48. The number of fused-ring (bicyclic) bond motifs is 1. The lowest BCUT2D eigenvalue weighted by Crippen LogP contribution is -2.47. The van der Waals surface area contributed by atoms with Crippen LogP contribution in [-0.4, -0.2) is 38.2 Å². The second-order valence-electron chi connectivity index (χ2n) is 9.80. The Morgan fingerprint density at radius 3 is 2.37 bits per heavy atom. The van der Waals surface area contributed by atoms with Crippen LogP contribution in [0.15, 0.2) is 84.9 Å².